The van der Waals surface area contributed by atoms with Gasteiger partial charge in [-0.1, -0.05) is 30.3 Å². The first-order valence-electron chi connectivity index (χ1n) is 7.16. The third-order valence-corrected chi connectivity index (χ3v) is 3.74. The highest BCUT2D eigenvalue weighted by Crippen LogP contribution is 2.34. The largest absolute Gasteiger partial charge is 0.387 e. The number of fused-ring (bicyclic) bond motifs is 1. The van der Waals surface area contributed by atoms with Crippen molar-refractivity contribution in [2.75, 3.05) is 13.2 Å². The molecule has 2 aliphatic heterocycles. The van der Waals surface area contributed by atoms with Crippen molar-refractivity contribution >= 4 is 0 Å². The van der Waals surface area contributed by atoms with Crippen molar-refractivity contribution < 1.29 is 29.2 Å². The molecule has 2 N–H and O–H groups in total. The monoisotopic (exact) mass is 296 g/mol. The molecular formula is C15H20O6. The fraction of sp³-hybridized carbons (Fsp3) is 0.600. The van der Waals surface area contributed by atoms with Gasteiger partial charge in [-0.2, -0.15) is 0 Å². The number of ether oxygens (including phenoxy) is 4. The molecule has 0 bridgehead atoms. The lowest BCUT2D eigenvalue weighted by atomic mass is 9.98. The zero-order chi connectivity index (χ0) is 14.8. The summed E-state index contributed by atoms with van der Waals surface area (Å²) in [4.78, 5) is 0. The van der Waals surface area contributed by atoms with Crippen LogP contribution < -0.4 is 0 Å². The molecule has 0 aromatic heterocycles. The number of aliphatic hydroxyl groups excluding tert-OH is 2. The summed E-state index contributed by atoms with van der Waals surface area (Å²) in [5.74, 6) is 0. The van der Waals surface area contributed by atoms with E-state index in [0.29, 0.717) is 6.61 Å². The molecule has 1 aromatic carbocycles. The first-order chi connectivity index (χ1) is 10.2. The average Bonchev–Trinajstić information content (AvgIpc) is 2.53. The van der Waals surface area contributed by atoms with E-state index in [1.165, 1.54) is 0 Å². The van der Waals surface area contributed by atoms with Crippen LogP contribution in [0.1, 0.15) is 18.8 Å². The molecule has 2 fully saturated rings. The fourth-order valence-corrected chi connectivity index (χ4v) is 2.66. The third kappa shape index (κ3) is 2.96. The van der Waals surface area contributed by atoms with Crippen molar-refractivity contribution in [3.63, 3.8) is 0 Å². The Morgan fingerprint density at radius 3 is 2.62 bits per heavy atom. The molecule has 2 saturated heterocycles. The highest BCUT2D eigenvalue weighted by molar-refractivity contribution is 5.16. The molecule has 6 nitrogen and oxygen atoms in total. The van der Waals surface area contributed by atoms with Crippen molar-refractivity contribution in [3.8, 4) is 0 Å². The molecule has 1 aromatic rings. The van der Waals surface area contributed by atoms with Gasteiger partial charge in [0.2, 0.25) is 0 Å². The molecule has 2 heterocycles. The Hall–Kier alpha value is -1.02. The van der Waals surface area contributed by atoms with Crippen LogP contribution in [0.25, 0.3) is 0 Å². The van der Waals surface area contributed by atoms with Gasteiger partial charge in [0.1, 0.15) is 24.4 Å². The Labute approximate surface area is 123 Å². The first kappa shape index (κ1) is 14.9. The summed E-state index contributed by atoms with van der Waals surface area (Å²) in [5, 5.41) is 20.3. The van der Waals surface area contributed by atoms with Crippen LogP contribution in [0.4, 0.5) is 0 Å². The normalized spacial score (nSPS) is 39.8. The number of rotatable bonds is 3. The maximum absolute atomic E-state index is 10.2. The van der Waals surface area contributed by atoms with Crippen molar-refractivity contribution in [2.45, 2.75) is 43.9 Å². The number of hydrogen-bond acceptors (Lipinski definition) is 6. The van der Waals surface area contributed by atoms with E-state index in [4.69, 9.17) is 18.9 Å². The van der Waals surface area contributed by atoms with Gasteiger partial charge in [-0.3, -0.25) is 0 Å². The second kappa shape index (κ2) is 6.39. The molecule has 0 radical (unpaired) electrons. The minimum absolute atomic E-state index is 0.275. The van der Waals surface area contributed by atoms with Gasteiger partial charge in [-0.15, -0.1) is 0 Å². The molecular weight excluding hydrogens is 276 g/mol. The summed E-state index contributed by atoms with van der Waals surface area (Å²) in [6.45, 7) is 2.46. The molecule has 6 heteroatoms. The number of aliphatic hydroxyl groups is 2. The van der Waals surface area contributed by atoms with Crippen molar-refractivity contribution in [2.24, 2.45) is 0 Å². The van der Waals surface area contributed by atoms with Crippen LogP contribution in [0.2, 0.25) is 0 Å². The highest BCUT2D eigenvalue weighted by atomic mass is 16.8. The van der Waals surface area contributed by atoms with Crippen LogP contribution in [-0.2, 0) is 18.9 Å². The van der Waals surface area contributed by atoms with E-state index in [1.807, 2.05) is 30.3 Å². The van der Waals surface area contributed by atoms with E-state index < -0.39 is 37.0 Å². The molecule has 21 heavy (non-hydrogen) atoms. The summed E-state index contributed by atoms with van der Waals surface area (Å²) in [7, 11) is 0. The lowest BCUT2D eigenvalue weighted by Gasteiger charge is -2.46. The van der Waals surface area contributed by atoms with Crippen molar-refractivity contribution in [3.05, 3.63) is 35.9 Å². The Morgan fingerprint density at radius 2 is 1.90 bits per heavy atom. The van der Waals surface area contributed by atoms with E-state index in [1.54, 1.807) is 6.92 Å². The summed E-state index contributed by atoms with van der Waals surface area (Å²) in [6.07, 6.45) is -4.74. The van der Waals surface area contributed by atoms with Gasteiger partial charge in [-0.25, -0.2) is 0 Å². The molecule has 6 atom stereocenters. The fourth-order valence-electron chi connectivity index (χ4n) is 2.66. The second-order valence-electron chi connectivity index (χ2n) is 5.16. The summed E-state index contributed by atoms with van der Waals surface area (Å²) in [6, 6.07) is 9.47. The minimum Gasteiger partial charge on any atom is -0.387 e. The van der Waals surface area contributed by atoms with E-state index in [0.717, 1.165) is 5.56 Å². The van der Waals surface area contributed by atoms with E-state index in [-0.39, 0.29) is 6.61 Å². The molecule has 0 amide bonds. The highest BCUT2D eigenvalue weighted by Gasteiger charge is 2.49. The standard InChI is InChI=1S/C15H20O6/c1-2-18-15-12(17)11(16)13-10(20-15)8-19-14(21-13)9-6-4-3-5-7-9/h3-7,10-17H,2,8H2,1H3/t10-,11-,12-,13+,14-,15?/m1/s1. The minimum atomic E-state index is -1.14. The summed E-state index contributed by atoms with van der Waals surface area (Å²) >= 11 is 0. The molecule has 2 aliphatic rings. The van der Waals surface area contributed by atoms with Crippen LogP contribution in [0.3, 0.4) is 0 Å². The predicted octanol–water partition coefficient (Wildman–Crippen LogP) is 0.584. The van der Waals surface area contributed by atoms with Gasteiger partial charge in [0.25, 0.3) is 0 Å². The zero-order valence-electron chi connectivity index (χ0n) is 11.8. The molecule has 116 valence electrons. The van der Waals surface area contributed by atoms with Gasteiger partial charge >= 0.3 is 0 Å². The van der Waals surface area contributed by atoms with Crippen LogP contribution >= 0.6 is 0 Å². The quantitative estimate of drug-likeness (QED) is 0.850. The van der Waals surface area contributed by atoms with Gasteiger partial charge in [0.15, 0.2) is 12.6 Å². The second-order valence-corrected chi connectivity index (χ2v) is 5.16. The molecule has 1 unspecified atom stereocenters. The molecule has 0 spiro atoms. The lowest BCUT2D eigenvalue weighted by molar-refractivity contribution is -0.360. The predicted molar refractivity (Wildman–Crippen MR) is 72.3 cm³/mol. The third-order valence-electron chi connectivity index (χ3n) is 3.74. The van der Waals surface area contributed by atoms with Crippen molar-refractivity contribution in [1.82, 2.24) is 0 Å². The first-order valence-corrected chi connectivity index (χ1v) is 7.16. The zero-order valence-corrected chi connectivity index (χ0v) is 11.8. The Bertz CT molecular complexity index is 451. The van der Waals surface area contributed by atoms with Gasteiger partial charge in [0, 0.05) is 12.2 Å². The van der Waals surface area contributed by atoms with E-state index in [9.17, 15) is 10.2 Å². The van der Waals surface area contributed by atoms with Gasteiger partial charge < -0.3 is 29.2 Å². The summed E-state index contributed by atoms with van der Waals surface area (Å²) in [5.41, 5.74) is 0.865. The Morgan fingerprint density at radius 1 is 1.14 bits per heavy atom. The Kier molecular flexibility index (Phi) is 4.54. The van der Waals surface area contributed by atoms with Crippen molar-refractivity contribution in [1.29, 1.82) is 0 Å². The molecule has 0 aliphatic carbocycles. The average molecular weight is 296 g/mol. The number of benzene rings is 1. The number of hydrogen-bond donors (Lipinski definition) is 2. The smallest absolute Gasteiger partial charge is 0.186 e. The SMILES string of the molecule is CCOC1O[C@@H]2CO[C@@H](c3ccccc3)O[C@@H]2[C@H](O)[C@H]1O. The van der Waals surface area contributed by atoms with E-state index in [2.05, 4.69) is 0 Å². The van der Waals surface area contributed by atoms with Crippen LogP contribution in [0.15, 0.2) is 30.3 Å². The molecule has 0 saturated carbocycles. The van der Waals surface area contributed by atoms with Gasteiger partial charge in [0.05, 0.1) is 6.61 Å². The Balaban J connectivity index is 1.71. The molecule has 3 rings (SSSR count). The topological polar surface area (TPSA) is 77.4 Å². The van der Waals surface area contributed by atoms with E-state index >= 15 is 0 Å². The maximum atomic E-state index is 10.2. The van der Waals surface area contributed by atoms with Crippen LogP contribution in [0.5, 0.6) is 0 Å². The van der Waals surface area contributed by atoms with Crippen LogP contribution in [0, 0.1) is 0 Å². The van der Waals surface area contributed by atoms with Gasteiger partial charge in [-0.05, 0) is 6.92 Å². The lowest BCUT2D eigenvalue weighted by Crippen LogP contribution is -2.62. The summed E-state index contributed by atoms with van der Waals surface area (Å²) < 4.78 is 22.3. The maximum Gasteiger partial charge on any atom is 0.186 e. The van der Waals surface area contributed by atoms with Crippen LogP contribution in [-0.4, -0.2) is 54.1 Å².